The Morgan fingerprint density at radius 2 is 1.90 bits per heavy atom. The van der Waals surface area contributed by atoms with Crippen LogP contribution in [0.2, 0.25) is 0 Å². The van der Waals surface area contributed by atoms with E-state index in [1.54, 1.807) is 5.38 Å². The minimum Gasteiger partial charge on any atom is -0.481 e. The van der Waals surface area contributed by atoms with E-state index in [1.165, 1.54) is 17.4 Å². The summed E-state index contributed by atoms with van der Waals surface area (Å²) in [6.45, 7) is 0. The Hall–Kier alpha value is -2.15. The number of hydrogen-bond acceptors (Lipinski definition) is 4. The average Bonchev–Trinajstić information content (AvgIpc) is 3.11. The quantitative estimate of drug-likeness (QED) is 0.728. The van der Waals surface area contributed by atoms with E-state index in [-0.39, 0.29) is 23.3 Å². The lowest BCUT2D eigenvalue weighted by Gasteiger charge is -2.23. The van der Waals surface area contributed by atoms with E-state index < -0.39 is 23.7 Å². The van der Waals surface area contributed by atoms with Gasteiger partial charge in [0.1, 0.15) is 5.00 Å². The lowest BCUT2D eigenvalue weighted by Crippen LogP contribution is -2.36. The number of thiophene rings is 1. The van der Waals surface area contributed by atoms with Gasteiger partial charge in [0.2, 0.25) is 5.91 Å². The van der Waals surface area contributed by atoms with Crippen molar-refractivity contribution in [3.05, 3.63) is 29.2 Å². The fraction of sp³-hybridized carbons (Fsp3) is 0.357. The number of carboxylic acids is 1. The van der Waals surface area contributed by atoms with Crippen molar-refractivity contribution in [2.75, 3.05) is 5.32 Å². The smallest absolute Gasteiger partial charge is 0.307 e. The van der Waals surface area contributed by atoms with E-state index in [0.717, 1.165) is 0 Å². The second-order valence-corrected chi connectivity index (χ2v) is 6.27. The number of primary amides is 1. The first kappa shape index (κ1) is 13.8. The third kappa shape index (κ3) is 2.23. The maximum atomic E-state index is 12.4. The molecule has 0 unspecified atom stereocenters. The summed E-state index contributed by atoms with van der Waals surface area (Å²) < 4.78 is 0. The van der Waals surface area contributed by atoms with Gasteiger partial charge in [-0.2, -0.15) is 0 Å². The number of aliphatic carboxylic acids is 1. The van der Waals surface area contributed by atoms with Crippen LogP contribution in [-0.4, -0.2) is 22.9 Å². The van der Waals surface area contributed by atoms with Crippen LogP contribution in [0.25, 0.3) is 0 Å². The zero-order valence-electron chi connectivity index (χ0n) is 11.0. The lowest BCUT2D eigenvalue weighted by atomic mass is 9.82. The molecule has 0 saturated heterocycles. The SMILES string of the molecule is NC(=O)c1ccsc1NC(=O)[C@@H]1[C@@H](C(=O)O)[C@H]2C=C[C@@H]1C2. The van der Waals surface area contributed by atoms with Gasteiger partial charge in [-0.3, -0.25) is 14.4 Å². The Morgan fingerprint density at radius 3 is 2.52 bits per heavy atom. The number of carbonyl (C=O) groups excluding carboxylic acids is 2. The molecule has 21 heavy (non-hydrogen) atoms. The second-order valence-electron chi connectivity index (χ2n) is 5.36. The summed E-state index contributed by atoms with van der Waals surface area (Å²) >= 11 is 1.20. The van der Waals surface area contributed by atoms with Crippen LogP contribution in [0.5, 0.6) is 0 Å². The lowest BCUT2D eigenvalue weighted by molar-refractivity contribution is -0.146. The molecule has 1 aromatic rings. The molecule has 110 valence electrons. The first-order valence-electron chi connectivity index (χ1n) is 6.58. The molecule has 2 bridgehead atoms. The normalized spacial score (nSPS) is 29.5. The number of nitrogens with one attached hydrogen (secondary N) is 1. The number of fused-ring (bicyclic) bond motifs is 2. The number of carbonyl (C=O) groups is 3. The molecule has 2 amide bonds. The van der Waals surface area contributed by atoms with Crippen LogP contribution in [0.3, 0.4) is 0 Å². The highest BCUT2D eigenvalue weighted by Gasteiger charge is 2.51. The van der Waals surface area contributed by atoms with Crippen LogP contribution in [0.4, 0.5) is 5.00 Å². The molecule has 3 rings (SSSR count). The van der Waals surface area contributed by atoms with Crippen molar-refractivity contribution in [2.45, 2.75) is 6.42 Å². The van der Waals surface area contributed by atoms with E-state index >= 15 is 0 Å². The highest BCUT2D eigenvalue weighted by atomic mass is 32.1. The number of rotatable bonds is 4. The maximum absolute atomic E-state index is 12.4. The third-order valence-corrected chi connectivity index (χ3v) is 5.04. The Balaban J connectivity index is 1.82. The number of carboxylic acid groups (broad SMARTS) is 1. The predicted molar refractivity (Wildman–Crippen MR) is 76.8 cm³/mol. The van der Waals surface area contributed by atoms with Crippen molar-refractivity contribution in [3.63, 3.8) is 0 Å². The second kappa shape index (κ2) is 5.00. The van der Waals surface area contributed by atoms with Gasteiger partial charge in [0.15, 0.2) is 0 Å². The van der Waals surface area contributed by atoms with Crippen LogP contribution in [0.15, 0.2) is 23.6 Å². The van der Waals surface area contributed by atoms with Gasteiger partial charge in [0.05, 0.1) is 17.4 Å². The number of amides is 2. The fourth-order valence-corrected chi connectivity index (χ4v) is 4.11. The van der Waals surface area contributed by atoms with Crippen LogP contribution in [-0.2, 0) is 9.59 Å². The Morgan fingerprint density at radius 1 is 1.24 bits per heavy atom. The molecular formula is C14H14N2O4S. The van der Waals surface area contributed by atoms with Gasteiger partial charge in [-0.25, -0.2) is 0 Å². The average molecular weight is 306 g/mol. The molecule has 0 aromatic carbocycles. The van der Waals surface area contributed by atoms with E-state index in [4.69, 9.17) is 5.73 Å². The number of hydrogen-bond donors (Lipinski definition) is 3. The van der Waals surface area contributed by atoms with Gasteiger partial charge in [-0.15, -0.1) is 11.3 Å². The summed E-state index contributed by atoms with van der Waals surface area (Å²) in [6, 6.07) is 1.54. The predicted octanol–water partition coefficient (Wildman–Crippen LogP) is 1.31. The molecule has 0 aliphatic heterocycles. The van der Waals surface area contributed by atoms with Gasteiger partial charge in [-0.1, -0.05) is 12.2 Å². The largest absolute Gasteiger partial charge is 0.481 e. The molecule has 0 spiro atoms. The summed E-state index contributed by atoms with van der Waals surface area (Å²) in [6.07, 6.45) is 4.49. The molecule has 1 heterocycles. The Labute approximate surface area is 124 Å². The highest BCUT2D eigenvalue weighted by molar-refractivity contribution is 7.14. The highest BCUT2D eigenvalue weighted by Crippen LogP contribution is 2.48. The van der Waals surface area contributed by atoms with Gasteiger partial charge in [0, 0.05) is 0 Å². The zero-order chi connectivity index (χ0) is 15.1. The summed E-state index contributed by atoms with van der Waals surface area (Å²) in [4.78, 5) is 35.1. The fourth-order valence-electron chi connectivity index (χ4n) is 3.31. The van der Waals surface area contributed by atoms with Gasteiger partial charge in [-0.05, 0) is 29.7 Å². The molecular weight excluding hydrogens is 292 g/mol. The van der Waals surface area contributed by atoms with Crippen LogP contribution >= 0.6 is 11.3 Å². The molecule has 7 heteroatoms. The van der Waals surface area contributed by atoms with Crippen molar-refractivity contribution in [2.24, 2.45) is 29.4 Å². The van der Waals surface area contributed by atoms with E-state index in [0.29, 0.717) is 11.4 Å². The van der Waals surface area contributed by atoms with Crippen LogP contribution in [0.1, 0.15) is 16.8 Å². The van der Waals surface area contributed by atoms with E-state index in [1.807, 2.05) is 12.2 Å². The maximum Gasteiger partial charge on any atom is 0.307 e. The van der Waals surface area contributed by atoms with E-state index in [2.05, 4.69) is 5.32 Å². The molecule has 0 radical (unpaired) electrons. The Kier molecular flexibility index (Phi) is 3.29. The molecule has 2 aliphatic rings. The molecule has 1 saturated carbocycles. The van der Waals surface area contributed by atoms with Gasteiger partial charge in [0.25, 0.3) is 5.91 Å². The summed E-state index contributed by atoms with van der Waals surface area (Å²) in [5.74, 6) is -3.35. The third-order valence-electron chi connectivity index (χ3n) is 4.21. The number of anilines is 1. The monoisotopic (exact) mass is 306 g/mol. The topological polar surface area (TPSA) is 109 Å². The standard InChI is InChI=1S/C14H14N2O4S/c15-11(17)8-3-4-21-13(8)16-12(18)9-6-1-2-7(5-6)10(9)14(19)20/h1-4,6-7,9-10H,5H2,(H2,15,17)(H,16,18)(H,19,20)/t6-,7+,9+,10+/m1/s1. The summed E-state index contributed by atoms with van der Waals surface area (Å²) in [7, 11) is 0. The van der Waals surface area contributed by atoms with E-state index in [9.17, 15) is 19.5 Å². The minimum absolute atomic E-state index is 0.0481. The summed E-state index contributed by atoms with van der Waals surface area (Å²) in [5, 5.41) is 14.0. The minimum atomic E-state index is -0.951. The van der Waals surface area contributed by atoms with Crippen molar-refractivity contribution in [3.8, 4) is 0 Å². The van der Waals surface area contributed by atoms with Gasteiger partial charge >= 0.3 is 5.97 Å². The first-order valence-corrected chi connectivity index (χ1v) is 7.46. The number of nitrogens with two attached hydrogens (primary N) is 1. The van der Waals surface area contributed by atoms with Crippen LogP contribution in [0, 0.1) is 23.7 Å². The van der Waals surface area contributed by atoms with Gasteiger partial charge < -0.3 is 16.2 Å². The van der Waals surface area contributed by atoms with Crippen LogP contribution < -0.4 is 11.1 Å². The summed E-state index contributed by atoms with van der Waals surface area (Å²) in [5.41, 5.74) is 5.48. The Bertz CT molecular complexity index is 651. The molecule has 4 N–H and O–H groups in total. The molecule has 2 aliphatic carbocycles. The zero-order valence-corrected chi connectivity index (χ0v) is 11.8. The van der Waals surface area contributed by atoms with Crippen molar-refractivity contribution >= 4 is 34.1 Å². The molecule has 1 aromatic heterocycles. The van der Waals surface area contributed by atoms with Crippen molar-refractivity contribution in [1.82, 2.24) is 0 Å². The molecule has 6 nitrogen and oxygen atoms in total. The van der Waals surface area contributed by atoms with Crippen molar-refractivity contribution in [1.29, 1.82) is 0 Å². The molecule has 1 fully saturated rings. The number of allylic oxidation sites excluding steroid dienone is 2. The molecule has 4 atom stereocenters. The first-order chi connectivity index (χ1) is 9.99. The van der Waals surface area contributed by atoms with Crippen molar-refractivity contribution < 1.29 is 19.5 Å².